The van der Waals surface area contributed by atoms with Crippen molar-refractivity contribution in [3.8, 4) is 5.88 Å². The fraction of sp³-hybridized carbons (Fsp3) is 0.524. The third-order valence-electron chi connectivity index (χ3n) is 5.83. The van der Waals surface area contributed by atoms with E-state index in [0.717, 1.165) is 19.4 Å². The van der Waals surface area contributed by atoms with Gasteiger partial charge in [0, 0.05) is 13.1 Å². The number of carboxylic acids is 1. The average molecular weight is 477 g/mol. The minimum absolute atomic E-state index is 0. The quantitative estimate of drug-likeness (QED) is 0.444. The molecule has 2 bridgehead atoms. The largest absolute Gasteiger partial charge is 1.00 e. The van der Waals surface area contributed by atoms with Crippen molar-refractivity contribution >= 4 is 29.3 Å². The molecule has 0 spiro atoms. The third kappa shape index (κ3) is 5.33. The number of nitrogens with zero attached hydrogens (tertiary/aromatic N) is 6. The van der Waals surface area contributed by atoms with Crippen LogP contribution in [-0.4, -0.2) is 76.2 Å². The maximum Gasteiger partial charge on any atom is 1.00 e. The molecule has 2 aromatic rings. The molecule has 1 unspecified atom stereocenters. The molecule has 0 aromatic carbocycles. The number of hydrogen-bond donors (Lipinski definition) is 1. The Morgan fingerprint density at radius 2 is 2.09 bits per heavy atom. The minimum Gasteiger partial charge on any atom is -0.542 e. The first-order valence-corrected chi connectivity index (χ1v) is 11.0. The molecule has 2 fully saturated rings. The number of carboxylic acid groups (broad SMARTS) is 1. The molecule has 2 amide bonds. The van der Waals surface area contributed by atoms with Crippen LogP contribution in [0.5, 0.6) is 5.88 Å². The number of piperidine rings is 1. The van der Waals surface area contributed by atoms with Gasteiger partial charge in [-0.1, -0.05) is 0 Å². The summed E-state index contributed by atoms with van der Waals surface area (Å²) in [5.41, 5.74) is 0.604. The normalized spacial score (nSPS) is 22.1. The number of urea groups is 1. The smallest absolute Gasteiger partial charge is 0.542 e. The van der Waals surface area contributed by atoms with E-state index >= 15 is 0 Å². The number of rotatable bonds is 5. The number of ether oxygens (including phenoxy) is 3. The maximum atomic E-state index is 13.2. The van der Waals surface area contributed by atoms with Gasteiger partial charge < -0.3 is 29.0 Å². The summed E-state index contributed by atoms with van der Waals surface area (Å²) in [6, 6.07) is -0.656. The van der Waals surface area contributed by atoms with Gasteiger partial charge in [0.05, 0.1) is 36.9 Å². The van der Waals surface area contributed by atoms with E-state index in [0.29, 0.717) is 18.8 Å². The van der Waals surface area contributed by atoms with Gasteiger partial charge in [-0.05, 0) is 26.7 Å². The van der Waals surface area contributed by atoms with Crippen molar-refractivity contribution in [1.82, 2.24) is 19.9 Å². The van der Waals surface area contributed by atoms with Gasteiger partial charge in [0.1, 0.15) is 18.7 Å². The fourth-order valence-electron chi connectivity index (χ4n) is 4.33. The van der Waals surface area contributed by atoms with Crippen LogP contribution in [0.25, 0.3) is 0 Å². The zero-order chi connectivity index (χ0) is 23.9. The average Bonchev–Trinajstić information content (AvgIpc) is 3.17. The van der Waals surface area contributed by atoms with Crippen molar-refractivity contribution in [2.24, 2.45) is 0 Å². The molecular weight excluding hydrogens is 453 g/mol. The van der Waals surface area contributed by atoms with Gasteiger partial charge in [-0.2, -0.15) is 0 Å². The van der Waals surface area contributed by atoms with Crippen LogP contribution in [0.4, 0.5) is 22.1 Å². The molecule has 35 heavy (non-hydrogen) atoms. The zero-order valence-corrected chi connectivity index (χ0v) is 19.8. The Kier molecular flexibility index (Phi) is 7.14. The SMILES string of the molecule is CC1(C)OC[C@H](COc2cnc(NC(=O)N3c4nc(C(=O)[O-])ncc4N4CCCC3C4)cn2)O1.[Li+]. The Bertz CT molecular complexity index is 1100. The van der Waals surface area contributed by atoms with Crippen LogP contribution in [0.15, 0.2) is 18.6 Å². The van der Waals surface area contributed by atoms with Gasteiger partial charge in [-0.15, -0.1) is 0 Å². The number of aromatic nitrogens is 4. The van der Waals surface area contributed by atoms with Crippen molar-refractivity contribution in [1.29, 1.82) is 0 Å². The number of fused-ring (bicyclic) bond motifs is 4. The van der Waals surface area contributed by atoms with Crippen LogP contribution in [0.2, 0.25) is 0 Å². The van der Waals surface area contributed by atoms with Crippen LogP contribution in [0.3, 0.4) is 0 Å². The molecule has 1 N–H and O–H groups in total. The first-order chi connectivity index (χ1) is 16.3. The van der Waals surface area contributed by atoms with E-state index in [1.165, 1.54) is 23.5 Å². The van der Waals surface area contributed by atoms with Crippen LogP contribution >= 0.6 is 0 Å². The number of nitrogens with one attached hydrogen (secondary N) is 1. The van der Waals surface area contributed by atoms with Gasteiger partial charge in [0.15, 0.2) is 23.2 Å². The van der Waals surface area contributed by atoms with Crippen LogP contribution < -0.4 is 43.8 Å². The van der Waals surface area contributed by atoms with Gasteiger partial charge in [-0.25, -0.2) is 24.7 Å². The van der Waals surface area contributed by atoms with E-state index in [2.05, 4.69) is 30.2 Å². The summed E-state index contributed by atoms with van der Waals surface area (Å²) < 4.78 is 16.8. The summed E-state index contributed by atoms with van der Waals surface area (Å²) in [6.07, 6.45) is 5.64. The number of carbonyl (C=O) groups is 2. The van der Waals surface area contributed by atoms with Crippen molar-refractivity contribution in [2.45, 2.75) is 44.6 Å². The van der Waals surface area contributed by atoms with Crippen LogP contribution in [-0.2, 0) is 9.47 Å². The number of anilines is 3. The molecule has 5 heterocycles. The summed E-state index contributed by atoms with van der Waals surface area (Å²) in [6.45, 7) is 5.75. The second-order valence-electron chi connectivity index (χ2n) is 8.73. The standard InChI is InChI=1S/C21H25N7O6.Li/c1-21(2)33-11-13(34-21)10-32-16-8-22-15(7-23-16)25-20(31)28-12-4-3-5-27(9-12)14-6-24-17(19(29)30)26-18(14)28;/h6-8,12-13H,3-5,9-11H2,1-2H3,(H,29,30)(H,22,25,31);/q;+1/p-1/t12?,13-;/m0./s1. The molecule has 13 nitrogen and oxygen atoms in total. The first-order valence-electron chi connectivity index (χ1n) is 11.0. The van der Waals surface area contributed by atoms with E-state index in [1.807, 2.05) is 13.8 Å². The van der Waals surface area contributed by atoms with E-state index in [-0.39, 0.29) is 55.1 Å². The molecule has 0 saturated carbocycles. The van der Waals surface area contributed by atoms with Gasteiger partial charge in [-0.3, -0.25) is 10.2 Å². The molecule has 0 aliphatic carbocycles. The van der Waals surface area contributed by atoms with Crippen molar-refractivity contribution < 1.29 is 47.8 Å². The summed E-state index contributed by atoms with van der Waals surface area (Å²) in [5, 5.41) is 14.0. The van der Waals surface area contributed by atoms with E-state index < -0.39 is 23.6 Å². The summed E-state index contributed by atoms with van der Waals surface area (Å²) >= 11 is 0. The zero-order valence-electron chi connectivity index (χ0n) is 19.8. The molecule has 3 aliphatic heterocycles. The Morgan fingerprint density at radius 1 is 1.26 bits per heavy atom. The molecule has 180 valence electrons. The number of aromatic carboxylic acids is 1. The van der Waals surface area contributed by atoms with Crippen LogP contribution in [0.1, 0.15) is 37.3 Å². The second kappa shape index (κ2) is 9.94. The molecule has 5 rings (SSSR count). The Balaban J connectivity index is 0.00000289. The Hall–Kier alpha value is -2.98. The summed E-state index contributed by atoms with van der Waals surface area (Å²) in [5.74, 6) is -1.88. The summed E-state index contributed by atoms with van der Waals surface area (Å²) in [4.78, 5) is 44.3. The van der Waals surface area contributed by atoms with Crippen molar-refractivity contribution in [3.05, 3.63) is 24.4 Å². The molecular formula is C21H24LiN7O6. The summed E-state index contributed by atoms with van der Waals surface area (Å²) in [7, 11) is 0. The Labute approximate surface area is 213 Å². The third-order valence-corrected chi connectivity index (χ3v) is 5.83. The number of amides is 2. The maximum absolute atomic E-state index is 13.2. The molecule has 3 aliphatic rings. The van der Waals surface area contributed by atoms with Gasteiger partial charge >= 0.3 is 24.9 Å². The molecule has 2 atom stereocenters. The second-order valence-corrected chi connectivity index (χ2v) is 8.73. The predicted molar refractivity (Wildman–Crippen MR) is 116 cm³/mol. The van der Waals surface area contributed by atoms with Gasteiger partial charge in [0.2, 0.25) is 5.88 Å². The number of carbonyl (C=O) groups excluding carboxylic acids is 2. The monoisotopic (exact) mass is 477 g/mol. The van der Waals surface area contributed by atoms with E-state index in [4.69, 9.17) is 14.2 Å². The minimum atomic E-state index is -1.51. The molecule has 0 radical (unpaired) electrons. The molecule has 2 saturated heterocycles. The topological polar surface area (TPSA) is 155 Å². The van der Waals surface area contributed by atoms with Crippen molar-refractivity contribution in [3.63, 3.8) is 0 Å². The number of hydrogen-bond acceptors (Lipinski definition) is 11. The Morgan fingerprint density at radius 3 is 2.77 bits per heavy atom. The molecule has 14 heteroatoms. The predicted octanol–water partition coefficient (Wildman–Crippen LogP) is -2.81. The van der Waals surface area contributed by atoms with Crippen LogP contribution in [0, 0.1) is 0 Å². The van der Waals surface area contributed by atoms with Gasteiger partial charge in [0.25, 0.3) is 0 Å². The molecule has 2 aromatic heterocycles. The fourth-order valence-corrected chi connectivity index (χ4v) is 4.33. The van der Waals surface area contributed by atoms with E-state index in [1.54, 1.807) is 0 Å². The van der Waals surface area contributed by atoms with E-state index in [9.17, 15) is 14.7 Å². The van der Waals surface area contributed by atoms with Crippen molar-refractivity contribution in [2.75, 3.05) is 41.4 Å². The first kappa shape index (κ1) is 25.1.